The smallest absolute Gasteiger partial charge is 0.250 e. The van der Waals surface area contributed by atoms with E-state index in [4.69, 9.17) is 5.73 Å². The minimum atomic E-state index is -0.00240. The molecule has 4 nitrogen and oxygen atoms in total. The first-order chi connectivity index (χ1) is 10.1. The van der Waals surface area contributed by atoms with Crippen LogP contribution >= 0.6 is 0 Å². The lowest BCUT2D eigenvalue weighted by molar-refractivity contribution is 0.562. The SMILES string of the molecule is Cc1cccc2c1ccn2CCCn1cc(N)ccc1=O. The van der Waals surface area contributed by atoms with Gasteiger partial charge in [-0.05, 0) is 37.1 Å². The lowest BCUT2D eigenvalue weighted by Crippen LogP contribution is -2.19. The summed E-state index contributed by atoms with van der Waals surface area (Å²) in [5.41, 5.74) is 8.87. The lowest BCUT2D eigenvalue weighted by atomic mass is 10.1. The van der Waals surface area contributed by atoms with Crippen LogP contribution in [0.2, 0.25) is 0 Å². The maximum absolute atomic E-state index is 11.7. The Morgan fingerprint density at radius 1 is 1.05 bits per heavy atom. The summed E-state index contributed by atoms with van der Waals surface area (Å²) >= 11 is 0. The number of nitrogens with zero attached hydrogens (tertiary/aromatic N) is 2. The number of aryl methyl sites for hydroxylation is 3. The molecule has 0 spiro atoms. The van der Waals surface area contributed by atoms with Crippen molar-refractivity contribution in [3.8, 4) is 0 Å². The van der Waals surface area contributed by atoms with Gasteiger partial charge < -0.3 is 14.9 Å². The number of anilines is 1. The molecule has 0 saturated carbocycles. The first-order valence-corrected chi connectivity index (χ1v) is 7.15. The van der Waals surface area contributed by atoms with Gasteiger partial charge in [0, 0.05) is 48.1 Å². The van der Waals surface area contributed by atoms with Gasteiger partial charge in [0.2, 0.25) is 0 Å². The molecule has 0 amide bonds. The van der Waals surface area contributed by atoms with Crippen LogP contribution in [-0.2, 0) is 13.1 Å². The van der Waals surface area contributed by atoms with Crippen molar-refractivity contribution in [2.75, 3.05) is 5.73 Å². The van der Waals surface area contributed by atoms with Gasteiger partial charge in [0.15, 0.2) is 0 Å². The van der Waals surface area contributed by atoms with Gasteiger partial charge in [-0.3, -0.25) is 4.79 Å². The summed E-state index contributed by atoms with van der Waals surface area (Å²) in [6, 6.07) is 11.6. The van der Waals surface area contributed by atoms with E-state index in [0.717, 1.165) is 13.0 Å². The van der Waals surface area contributed by atoms with Crippen LogP contribution in [0.15, 0.2) is 53.6 Å². The van der Waals surface area contributed by atoms with Crippen molar-refractivity contribution >= 4 is 16.6 Å². The molecule has 0 aliphatic heterocycles. The third-order valence-corrected chi connectivity index (χ3v) is 3.84. The van der Waals surface area contributed by atoms with Crippen molar-refractivity contribution in [3.05, 3.63) is 64.7 Å². The molecule has 4 heteroatoms. The fraction of sp³-hybridized carbons (Fsp3) is 0.235. The van der Waals surface area contributed by atoms with Gasteiger partial charge in [0.05, 0.1) is 0 Å². The summed E-state index contributed by atoms with van der Waals surface area (Å²) in [6.45, 7) is 3.68. The number of nitrogen functional groups attached to an aromatic ring is 1. The predicted molar refractivity (Wildman–Crippen MR) is 86.4 cm³/mol. The fourth-order valence-electron chi connectivity index (χ4n) is 2.71. The standard InChI is InChI=1S/C17H19N3O/c1-13-4-2-5-16-15(13)8-11-19(16)9-3-10-20-12-14(18)6-7-17(20)21/h2,4-8,11-12H,3,9-10,18H2,1H3. The van der Waals surface area contributed by atoms with Gasteiger partial charge in [-0.2, -0.15) is 0 Å². The second kappa shape index (κ2) is 5.48. The van der Waals surface area contributed by atoms with E-state index in [0.29, 0.717) is 12.2 Å². The van der Waals surface area contributed by atoms with E-state index in [1.54, 1.807) is 16.8 Å². The molecule has 0 radical (unpaired) electrons. The van der Waals surface area contributed by atoms with E-state index < -0.39 is 0 Å². The van der Waals surface area contributed by atoms with E-state index in [1.807, 2.05) is 0 Å². The number of hydrogen-bond donors (Lipinski definition) is 1. The van der Waals surface area contributed by atoms with Gasteiger partial charge in [-0.15, -0.1) is 0 Å². The van der Waals surface area contributed by atoms with E-state index in [-0.39, 0.29) is 5.56 Å². The Kier molecular flexibility index (Phi) is 3.52. The van der Waals surface area contributed by atoms with Crippen molar-refractivity contribution in [2.45, 2.75) is 26.4 Å². The van der Waals surface area contributed by atoms with E-state index >= 15 is 0 Å². The van der Waals surface area contributed by atoms with Crippen LogP contribution in [0.4, 0.5) is 5.69 Å². The summed E-state index contributed by atoms with van der Waals surface area (Å²) < 4.78 is 3.91. The Labute approximate surface area is 123 Å². The second-order valence-electron chi connectivity index (χ2n) is 5.36. The Morgan fingerprint density at radius 3 is 2.71 bits per heavy atom. The second-order valence-corrected chi connectivity index (χ2v) is 5.36. The number of pyridine rings is 1. The Bertz CT molecular complexity index is 829. The number of hydrogen-bond acceptors (Lipinski definition) is 2. The Hall–Kier alpha value is -2.49. The molecule has 2 aromatic heterocycles. The largest absolute Gasteiger partial charge is 0.398 e. The highest BCUT2D eigenvalue weighted by Crippen LogP contribution is 2.19. The van der Waals surface area contributed by atoms with Crippen molar-refractivity contribution in [1.82, 2.24) is 9.13 Å². The monoisotopic (exact) mass is 281 g/mol. The van der Waals surface area contributed by atoms with Crippen LogP contribution in [0.5, 0.6) is 0 Å². The first-order valence-electron chi connectivity index (χ1n) is 7.15. The molecule has 3 aromatic rings. The number of rotatable bonds is 4. The molecule has 2 N–H and O–H groups in total. The van der Waals surface area contributed by atoms with Crippen molar-refractivity contribution in [3.63, 3.8) is 0 Å². The topological polar surface area (TPSA) is 52.9 Å². The average molecular weight is 281 g/mol. The number of aromatic nitrogens is 2. The maximum Gasteiger partial charge on any atom is 0.250 e. The van der Waals surface area contributed by atoms with E-state index in [2.05, 4.69) is 42.0 Å². The molecular weight excluding hydrogens is 262 g/mol. The molecule has 0 fully saturated rings. The van der Waals surface area contributed by atoms with Crippen LogP contribution in [0.1, 0.15) is 12.0 Å². The third-order valence-electron chi connectivity index (χ3n) is 3.84. The quantitative estimate of drug-likeness (QED) is 0.799. The highest BCUT2D eigenvalue weighted by molar-refractivity contribution is 5.83. The zero-order valence-electron chi connectivity index (χ0n) is 12.1. The Balaban J connectivity index is 1.74. The lowest BCUT2D eigenvalue weighted by Gasteiger charge is -2.08. The molecule has 1 aromatic carbocycles. The summed E-state index contributed by atoms with van der Waals surface area (Å²) in [5.74, 6) is 0. The molecule has 0 atom stereocenters. The van der Waals surface area contributed by atoms with Crippen LogP contribution < -0.4 is 11.3 Å². The maximum atomic E-state index is 11.7. The molecule has 0 saturated heterocycles. The molecule has 0 aliphatic rings. The Morgan fingerprint density at radius 2 is 1.86 bits per heavy atom. The van der Waals surface area contributed by atoms with Gasteiger partial charge >= 0.3 is 0 Å². The summed E-state index contributed by atoms with van der Waals surface area (Å²) in [4.78, 5) is 11.7. The normalized spacial score (nSPS) is 11.1. The number of benzene rings is 1. The van der Waals surface area contributed by atoms with Gasteiger partial charge in [-0.1, -0.05) is 12.1 Å². The molecule has 108 valence electrons. The molecule has 0 unspecified atom stereocenters. The van der Waals surface area contributed by atoms with Crippen LogP contribution in [0, 0.1) is 6.92 Å². The summed E-state index contributed by atoms with van der Waals surface area (Å²) in [5, 5.41) is 1.29. The summed E-state index contributed by atoms with van der Waals surface area (Å²) in [7, 11) is 0. The van der Waals surface area contributed by atoms with Gasteiger partial charge in [-0.25, -0.2) is 0 Å². The molecule has 0 aliphatic carbocycles. The number of nitrogens with two attached hydrogens (primary N) is 1. The zero-order chi connectivity index (χ0) is 14.8. The molecular formula is C17H19N3O. The van der Waals surface area contributed by atoms with Gasteiger partial charge in [0.25, 0.3) is 5.56 Å². The highest BCUT2D eigenvalue weighted by atomic mass is 16.1. The fourth-order valence-corrected chi connectivity index (χ4v) is 2.71. The average Bonchev–Trinajstić information content (AvgIpc) is 2.88. The molecule has 3 rings (SSSR count). The first kappa shape index (κ1) is 13.5. The number of fused-ring (bicyclic) bond motifs is 1. The van der Waals surface area contributed by atoms with Crippen LogP contribution in [-0.4, -0.2) is 9.13 Å². The van der Waals surface area contributed by atoms with E-state index in [1.165, 1.54) is 22.5 Å². The van der Waals surface area contributed by atoms with Crippen LogP contribution in [0.25, 0.3) is 10.9 Å². The van der Waals surface area contributed by atoms with Gasteiger partial charge in [0.1, 0.15) is 0 Å². The predicted octanol–water partition coefficient (Wildman–Crippen LogP) is 2.78. The zero-order valence-corrected chi connectivity index (χ0v) is 12.1. The van der Waals surface area contributed by atoms with Crippen molar-refractivity contribution in [1.29, 1.82) is 0 Å². The van der Waals surface area contributed by atoms with Crippen LogP contribution in [0.3, 0.4) is 0 Å². The minimum Gasteiger partial charge on any atom is -0.398 e. The molecule has 21 heavy (non-hydrogen) atoms. The van der Waals surface area contributed by atoms with Crippen molar-refractivity contribution in [2.24, 2.45) is 0 Å². The van der Waals surface area contributed by atoms with Crippen molar-refractivity contribution < 1.29 is 0 Å². The molecule has 2 heterocycles. The van der Waals surface area contributed by atoms with E-state index in [9.17, 15) is 4.79 Å². The molecule has 0 bridgehead atoms. The summed E-state index contributed by atoms with van der Waals surface area (Å²) in [6.07, 6.45) is 4.71. The third kappa shape index (κ3) is 2.70. The highest BCUT2D eigenvalue weighted by Gasteiger charge is 2.03. The minimum absolute atomic E-state index is 0.00240.